The van der Waals surface area contributed by atoms with Gasteiger partial charge in [0.05, 0.1) is 24.3 Å². The molecule has 2 heterocycles. The van der Waals surface area contributed by atoms with Crippen LogP contribution in [0.2, 0.25) is 0 Å². The van der Waals surface area contributed by atoms with Crippen LogP contribution in [0.1, 0.15) is 5.56 Å². The van der Waals surface area contributed by atoms with Crippen molar-refractivity contribution in [2.24, 2.45) is 0 Å². The first-order valence-corrected chi connectivity index (χ1v) is 5.35. The van der Waals surface area contributed by atoms with Crippen molar-refractivity contribution in [1.29, 1.82) is 0 Å². The molecular formula is C12H11NO4. The average Bonchev–Trinajstić information content (AvgIpc) is 2.28. The fourth-order valence-corrected chi connectivity index (χ4v) is 2.02. The molecule has 0 spiro atoms. The molecule has 3 rings (SSSR count). The number of carbonyl (C=O) groups excluding carboxylic acids is 2. The van der Waals surface area contributed by atoms with Crippen LogP contribution in [0, 0.1) is 0 Å². The number of fused-ring (bicyclic) bond motifs is 1. The second-order valence-corrected chi connectivity index (χ2v) is 4.31. The van der Waals surface area contributed by atoms with Crippen LogP contribution in [0.25, 0.3) is 0 Å². The van der Waals surface area contributed by atoms with Crippen molar-refractivity contribution >= 4 is 17.9 Å². The van der Waals surface area contributed by atoms with Gasteiger partial charge in [-0.2, -0.15) is 0 Å². The second-order valence-electron chi connectivity index (χ2n) is 4.31. The van der Waals surface area contributed by atoms with E-state index in [1.165, 1.54) is 0 Å². The number of rotatable bonds is 2. The molecule has 5 nitrogen and oxygen atoms in total. The van der Waals surface area contributed by atoms with Crippen LogP contribution in [0.4, 0.5) is 5.69 Å². The van der Waals surface area contributed by atoms with Crippen LogP contribution in [-0.4, -0.2) is 32.0 Å². The maximum Gasteiger partial charge on any atom is 0.262 e. The van der Waals surface area contributed by atoms with Gasteiger partial charge in [-0.25, -0.2) is 0 Å². The number of anilines is 1. The van der Waals surface area contributed by atoms with Crippen molar-refractivity contribution in [3.8, 4) is 5.75 Å². The molecule has 17 heavy (non-hydrogen) atoms. The van der Waals surface area contributed by atoms with Gasteiger partial charge < -0.3 is 19.6 Å². The normalized spacial score (nSPS) is 20.6. The fraction of sp³-hybridized carbons (Fsp3) is 0.333. The quantitative estimate of drug-likeness (QED) is 0.755. The van der Waals surface area contributed by atoms with E-state index >= 15 is 0 Å². The van der Waals surface area contributed by atoms with Crippen LogP contribution in [0.15, 0.2) is 18.2 Å². The summed E-state index contributed by atoms with van der Waals surface area (Å²) in [5, 5.41) is 2.72. The monoisotopic (exact) mass is 233 g/mol. The highest BCUT2D eigenvalue weighted by atomic mass is 16.5. The van der Waals surface area contributed by atoms with Gasteiger partial charge in [0, 0.05) is 0 Å². The minimum absolute atomic E-state index is 0.0360. The summed E-state index contributed by atoms with van der Waals surface area (Å²) in [7, 11) is 0. The Bertz CT molecular complexity index is 493. The molecule has 0 aliphatic carbocycles. The van der Waals surface area contributed by atoms with Crippen molar-refractivity contribution in [1.82, 2.24) is 0 Å². The Morgan fingerprint density at radius 2 is 2.18 bits per heavy atom. The van der Waals surface area contributed by atoms with Crippen molar-refractivity contribution in [2.75, 3.05) is 25.1 Å². The lowest BCUT2D eigenvalue weighted by Crippen LogP contribution is -2.48. The standard InChI is InChI=1S/C12H11NO4/c14-5-12(6-16-7-12)8-1-2-10-9(3-8)13-11(15)4-17-10/h1-3,5H,4,6-7H2,(H,13,15). The van der Waals surface area contributed by atoms with E-state index in [-0.39, 0.29) is 12.5 Å². The summed E-state index contributed by atoms with van der Waals surface area (Å²) in [6.45, 7) is 0.822. The van der Waals surface area contributed by atoms with Crippen molar-refractivity contribution in [3.63, 3.8) is 0 Å². The molecule has 0 bridgehead atoms. The Hall–Kier alpha value is -1.88. The smallest absolute Gasteiger partial charge is 0.262 e. The highest BCUT2D eigenvalue weighted by molar-refractivity contribution is 5.95. The maximum atomic E-state index is 11.2. The lowest BCUT2D eigenvalue weighted by Gasteiger charge is -2.37. The zero-order valence-electron chi connectivity index (χ0n) is 9.06. The highest BCUT2D eigenvalue weighted by Crippen LogP contribution is 2.36. The molecule has 0 atom stereocenters. The molecule has 0 saturated carbocycles. The predicted molar refractivity (Wildman–Crippen MR) is 59.1 cm³/mol. The third kappa shape index (κ3) is 1.51. The minimum Gasteiger partial charge on any atom is -0.482 e. The van der Waals surface area contributed by atoms with Gasteiger partial charge in [-0.3, -0.25) is 4.79 Å². The molecule has 1 N–H and O–H groups in total. The summed E-state index contributed by atoms with van der Waals surface area (Å²) in [5.74, 6) is 0.453. The Morgan fingerprint density at radius 3 is 2.82 bits per heavy atom. The third-order valence-corrected chi connectivity index (χ3v) is 3.13. The fourth-order valence-electron chi connectivity index (χ4n) is 2.02. The van der Waals surface area contributed by atoms with E-state index in [1.54, 1.807) is 12.1 Å². The van der Waals surface area contributed by atoms with Gasteiger partial charge in [-0.1, -0.05) is 6.07 Å². The summed E-state index contributed by atoms with van der Waals surface area (Å²) in [6, 6.07) is 5.39. The van der Waals surface area contributed by atoms with Crippen LogP contribution in [0.5, 0.6) is 5.75 Å². The molecule has 0 aromatic heterocycles. The van der Waals surface area contributed by atoms with Crippen LogP contribution < -0.4 is 10.1 Å². The van der Waals surface area contributed by atoms with Crippen LogP contribution >= 0.6 is 0 Å². The molecule has 88 valence electrons. The first-order valence-electron chi connectivity index (χ1n) is 5.35. The van der Waals surface area contributed by atoms with Crippen molar-refractivity contribution < 1.29 is 19.1 Å². The van der Waals surface area contributed by atoms with Crippen molar-refractivity contribution in [2.45, 2.75) is 5.41 Å². The number of amides is 1. The van der Waals surface area contributed by atoms with Gasteiger partial charge in [0.1, 0.15) is 12.0 Å². The first kappa shape index (κ1) is 10.3. The third-order valence-electron chi connectivity index (χ3n) is 3.13. The molecule has 2 aliphatic heterocycles. The minimum atomic E-state index is -0.558. The van der Waals surface area contributed by atoms with E-state index in [4.69, 9.17) is 9.47 Å². The second kappa shape index (κ2) is 3.56. The maximum absolute atomic E-state index is 11.2. The largest absolute Gasteiger partial charge is 0.482 e. The van der Waals surface area contributed by atoms with Gasteiger partial charge in [0.25, 0.3) is 5.91 Å². The van der Waals surface area contributed by atoms with Crippen LogP contribution in [0.3, 0.4) is 0 Å². The SMILES string of the molecule is O=CC1(c2ccc3c(c2)NC(=O)CO3)COC1. The van der Waals surface area contributed by atoms with E-state index in [0.717, 1.165) is 11.8 Å². The Kier molecular flexibility index (Phi) is 2.16. The molecule has 5 heteroatoms. The van der Waals surface area contributed by atoms with Gasteiger partial charge in [0.2, 0.25) is 0 Å². The topological polar surface area (TPSA) is 64.6 Å². The Balaban J connectivity index is 2.00. The molecule has 1 saturated heterocycles. The first-order chi connectivity index (χ1) is 8.23. The highest BCUT2D eigenvalue weighted by Gasteiger charge is 2.40. The summed E-state index contributed by atoms with van der Waals surface area (Å²) in [5.41, 5.74) is 0.909. The summed E-state index contributed by atoms with van der Waals surface area (Å²) < 4.78 is 10.4. The van der Waals surface area contributed by atoms with E-state index in [1.807, 2.05) is 6.07 Å². The lowest BCUT2D eigenvalue weighted by atomic mass is 9.80. The molecule has 1 amide bonds. The predicted octanol–water partition coefficient (Wildman–Crippen LogP) is 0.484. The summed E-state index contributed by atoms with van der Waals surface area (Å²) in [6.07, 6.45) is 0.906. The van der Waals surface area contributed by atoms with Gasteiger partial charge in [0.15, 0.2) is 6.61 Å². The number of carbonyl (C=O) groups is 2. The summed E-state index contributed by atoms with van der Waals surface area (Å²) >= 11 is 0. The van der Waals surface area contributed by atoms with Crippen molar-refractivity contribution in [3.05, 3.63) is 23.8 Å². The van der Waals surface area contributed by atoms with E-state index in [2.05, 4.69) is 5.32 Å². The molecule has 0 unspecified atom stereocenters. The van der Waals surface area contributed by atoms with Crippen LogP contribution in [-0.2, 0) is 19.7 Å². The van der Waals surface area contributed by atoms with Gasteiger partial charge in [-0.15, -0.1) is 0 Å². The lowest BCUT2D eigenvalue weighted by molar-refractivity contribution is -0.129. The van der Waals surface area contributed by atoms with Gasteiger partial charge >= 0.3 is 0 Å². The van der Waals surface area contributed by atoms with E-state index in [9.17, 15) is 9.59 Å². The molecule has 0 radical (unpaired) electrons. The number of hydrogen-bond donors (Lipinski definition) is 1. The number of ether oxygens (including phenoxy) is 2. The van der Waals surface area contributed by atoms with E-state index < -0.39 is 5.41 Å². The molecule has 1 aromatic carbocycles. The van der Waals surface area contributed by atoms with Gasteiger partial charge in [-0.05, 0) is 17.7 Å². The number of hydrogen-bond acceptors (Lipinski definition) is 4. The number of nitrogens with one attached hydrogen (secondary N) is 1. The molecule has 2 aliphatic rings. The molecule has 1 aromatic rings. The average molecular weight is 233 g/mol. The zero-order valence-corrected chi connectivity index (χ0v) is 9.06. The molecular weight excluding hydrogens is 222 g/mol. The Morgan fingerprint density at radius 1 is 1.35 bits per heavy atom. The molecule has 1 fully saturated rings. The summed E-state index contributed by atoms with van der Waals surface area (Å²) in [4.78, 5) is 22.4. The van der Waals surface area contributed by atoms with E-state index in [0.29, 0.717) is 24.7 Å². The zero-order chi connectivity index (χ0) is 11.9. The Labute approximate surface area is 97.7 Å². The number of benzene rings is 1. The number of aldehydes is 1.